The highest BCUT2D eigenvalue weighted by Gasteiger charge is 2.35. The number of nitrogens with zero attached hydrogens (tertiary/aromatic N) is 1. The Hall–Kier alpha value is -2.42. The highest BCUT2D eigenvalue weighted by molar-refractivity contribution is 7.91. The maximum atomic E-state index is 12.2. The summed E-state index contributed by atoms with van der Waals surface area (Å²) in [6.45, 7) is 0.348. The molecular weight excluding hydrogens is 384 g/mol. The van der Waals surface area contributed by atoms with Gasteiger partial charge in [-0.2, -0.15) is 0 Å². The van der Waals surface area contributed by atoms with Gasteiger partial charge < -0.3 is 15.0 Å². The smallest absolute Gasteiger partial charge is 0.311 e. The van der Waals surface area contributed by atoms with E-state index in [1.54, 1.807) is 4.90 Å². The quantitative estimate of drug-likeness (QED) is 0.632. The van der Waals surface area contributed by atoms with Crippen LogP contribution in [0.25, 0.3) is 0 Å². The summed E-state index contributed by atoms with van der Waals surface area (Å²) in [5.74, 6) is -1.81. The molecule has 28 heavy (non-hydrogen) atoms. The molecular formula is C19H24N2O6S. The average Bonchev–Trinajstić information content (AvgIpc) is 3.20. The summed E-state index contributed by atoms with van der Waals surface area (Å²) in [5, 5.41) is 2.56. The van der Waals surface area contributed by atoms with Crippen molar-refractivity contribution in [2.45, 2.75) is 25.3 Å². The van der Waals surface area contributed by atoms with Crippen molar-refractivity contribution in [2.24, 2.45) is 5.92 Å². The molecule has 152 valence electrons. The first-order chi connectivity index (χ1) is 13.3. The molecule has 0 saturated carbocycles. The van der Waals surface area contributed by atoms with E-state index in [1.807, 2.05) is 30.3 Å². The lowest BCUT2D eigenvalue weighted by atomic mass is 10.1. The molecule has 3 rings (SSSR count). The van der Waals surface area contributed by atoms with Crippen molar-refractivity contribution in [3.63, 3.8) is 0 Å². The standard InChI is InChI=1S/C19H24N2O6S/c22-17(20-16-7-9-28(25,26)13-16)12-27-19(24)15-10-18(23)21(11-15)8-6-14-4-2-1-3-5-14/h1-5,15-16H,6-13H2,(H,20,22)/t15-,16-/m1/s1. The van der Waals surface area contributed by atoms with Crippen molar-refractivity contribution in [2.75, 3.05) is 31.2 Å². The van der Waals surface area contributed by atoms with E-state index >= 15 is 0 Å². The van der Waals surface area contributed by atoms with Gasteiger partial charge in [-0.05, 0) is 18.4 Å². The molecule has 0 aliphatic carbocycles. The van der Waals surface area contributed by atoms with Crippen LogP contribution in [0.4, 0.5) is 0 Å². The number of nitrogens with one attached hydrogen (secondary N) is 1. The lowest BCUT2D eigenvalue weighted by Gasteiger charge is -2.16. The fraction of sp³-hybridized carbons (Fsp3) is 0.526. The van der Waals surface area contributed by atoms with E-state index in [9.17, 15) is 22.8 Å². The molecule has 0 aromatic heterocycles. The maximum absolute atomic E-state index is 12.2. The van der Waals surface area contributed by atoms with Gasteiger partial charge >= 0.3 is 5.97 Å². The van der Waals surface area contributed by atoms with E-state index in [0.29, 0.717) is 19.4 Å². The maximum Gasteiger partial charge on any atom is 0.311 e. The fourth-order valence-electron chi connectivity index (χ4n) is 3.49. The van der Waals surface area contributed by atoms with Crippen LogP contribution in [0, 0.1) is 5.92 Å². The SMILES string of the molecule is O=C(COC(=O)[C@@H]1CC(=O)N(CCc2ccccc2)C1)N[C@@H]1CCS(=O)(=O)C1. The summed E-state index contributed by atoms with van der Waals surface area (Å²) in [5.41, 5.74) is 1.12. The van der Waals surface area contributed by atoms with E-state index in [-0.39, 0.29) is 30.4 Å². The molecule has 0 bridgehead atoms. The minimum atomic E-state index is -3.09. The highest BCUT2D eigenvalue weighted by atomic mass is 32.2. The number of rotatable bonds is 7. The number of benzene rings is 1. The number of hydrogen-bond donors (Lipinski definition) is 1. The molecule has 2 amide bonds. The molecule has 0 radical (unpaired) electrons. The molecule has 2 fully saturated rings. The van der Waals surface area contributed by atoms with Gasteiger partial charge in [0.15, 0.2) is 16.4 Å². The predicted molar refractivity (Wildman–Crippen MR) is 101 cm³/mol. The van der Waals surface area contributed by atoms with Gasteiger partial charge in [-0.25, -0.2) is 8.42 Å². The van der Waals surface area contributed by atoms with E-state index in [2.05, 4.69) is 5.32 Å². The molecule has 2 saturated heterocycles. The van der Waals surface area contributed by atoms with E-state index < -0.39 is 40.3 Å². The number of amides is 2. The van der Waals surface area contributed by atoms with E-state index in [0.717, 1.165) is 5.56 Å². The number of ether oxygens (including phenoxy) is 1. The molecule has 1 aromatic rings. The Morgan fingerprint density at radius 1 is 1.21 bits per heavy atom. The van der Waals surface area contributed by atoms with Gasteiger partial charge in [-0.3, -0.25) is 14.4 Å². The third-order valence-corrected chi connectivity index (χ3v) is 6.77. The first kappa shape index (κ1) is 20.3. The Balaban J connectivity index is 1.40. The molecule has 0 spiro atoms. The summed E-state index contributed by atoms with van der Waals surface area (Å²) in [4.78, 5) is 37.8. The molecule has 9 heteroatoms. The average molecular weight is 408 g/mol. The van der Waals surface area contributed by atoms with Crippen molar-refractivity contribution < 1.29 is 27.5 Å². The number of sulfone groups is 1. The van der Waals surface area contributed by atoms with Gasteiger partial charge in [0, 0.05) is 25.6 Å². The monoisotopic (exact) mass is 408 g/mol. The Bertz CT molecular complexity index is 839. The fourth-order valence-corrected chi connectivity index (χ4v) is 5.16. The summed E-state index contributed by atoms with van der Waals surface area (Å²) < 4.78 is 27.8. The van der Waals surface area contributed by atoms with Crippen molar-refractivity contribution in [3.8, 4) is 0 Å². The van der Waals surface area contributed by atoms with Crippen LogP contribution < -0.4 is 5.32 Å². The van der Waals surface area contributed by atoms with Crippen molar-refractivity contribution in [1.29, 1.82) is 0 Å². The van der Waals surface area contributed by atoms with Crippen LogP contribution >= 0.6 is 0 Å². The second-order valence-corrected chi connectivity index (χ2v) is 9.48. The molecule has 2 heterocycles. The predicted octanol–water partition coefficient (Wildman–Crippen LogP) is -0.0759. The molecule has 0 unspecified atom stereocenters. The molecule has 2 aliphatic rings. The summed E-state index contributed by atoms with van der Waals surface area (Å²) in [6.07, 6.45) is 1.16. The van der Waals surface area contributed by atoms with Crippen molar-refractivity contribution >= 4 is 27.6 Å². The normalized spacial score (nSPS) is 23.6. The zero-order chi connectivity index (χ0) is 20.1. The van der Waals surface area contributed by atoms with Gasteiger partial charge in [0.2, 0.25) is 5.91 Å². The van der Waals surface area contributed by atoms with Gasteiger partial charge in [-0.15, -0.1) is 0 Å². The van der Waals surface area contributed by atoms with Crippen LogP contribution in [0.5, 0.6) is 0 Å². The summed E-state index contributed by atoms with van der Waals surface area (Å²) in [6, 6.07) is 9.35. The molecule has 2 atom stereocenters. The van der Waals surface area contributed by atoms with Crippen LogP contribution in [0.3, 0.4) is 0 Å². The second kappa shape index (κ2) is 8.72. The van der Waals surface area contributed by atoms with Crippen LogP contribution in [0.15, 0.2) is 30.3 Å². The van der Waals surface area contributed by atoms with Crippen LogP contribution in [0.1, 0.15) is 18.4 Å². The number of carbonyl (C=O) groups excluding carboxylic acids is 3. The second-order valence-electron chi connectivity index (χ2n) is 7.25. The van der Waals surface area contributed by atoms with Crippen LogP contribution in [-0.2, 0) is 35.4 Å². The first-order valence-electron chi connectivity index (χ1n) is 9.30. The van der Waals surface area contributed by atoms with Gasteiger partial charge in [0.05, 0.1) is 17.4 Å². The van der Waals surface area contributed by atoms with Crippen LogP contribution in [-0.4, -0.2) is 68.3 Å². The van der Waals surface area contributed by atoms with Gasteiger partial charge in [0.1, 0.15) is 0 Å². The van der Waals surface area contributed by atoms with E-state index in [4.69, 9.17) is 4.74 Å². The lowest BCUT2D eigenvalue weighted by Crippen LogP contribution is -2.39. The minimum Gasteiger partial charge on any atom is -0.455 e. The number of carbonyl (C=O) groups is 3. The number of likely N-dealkylation sites (tertiary alicyclic amines) is 1. The molecule has 8 nitrogen and oxygen atoms in total. The lowest BCUT2D eigenvalue weighted by molar-refractivity contribution is -0.152. The Kier molecular flexibility index (Phi) is 6.33. The molecule has 2 aliphatic heterocycles. The third-order valence-electron chi connectivity index (χ3n) is 5.00. The highest BCUT2D eigenvalue weighted by Crippen LogP contribution is 2.20. The molecule has 1 N–H and O–H groups in total. The van der Waals surface area contributed by atoms with Crippen LogP contribution in [0.2, 0.25) is 0 Å². The Labute approximate surface area is 164 Å². The Morgan fingerprint density at radius 2 is 1.96 bits per heavy atom. The number of esters is 1. The van der Waals surface area contributed by atoms with Crippen molar-refractivity contribution in [1.82, 2.24) is 10.2 Å². The topological polar surface area (TPSA) is 110 Å². The molecule has 1 aromatic carbocycles. The Morgan fingerprint density at radius 3 is 2.64 bits per heavy atom. The van der Waals surface area contributed by atoms with Gasteiger partial charge in [-0.1, -0.05) is 30.3 Å². The zero-order valence-corrected chi connectivity index (χ0v) is 16.3. The van der Waals surface area contributed by atoms with E-state index in [1.165, 1.54) is 0 Å². The zero-order valence-electron chi connectivity index (χ0n) is 15.5. The summed E-state index contributed by atoms with van der Waals surface area (Å²) in [7, 11) is -3.09. The van der Waals surface area contributed by atoms with Crippen molar-refractivity contribution in [3.05, 3.63) is 35.9 Å². The largest absolute Gasteiger partial charge is 0.455 e. The first-order valence-corrected chi connectivity index (χ1v) is 11.1. The van der Waals surface area contributed by atoms with Gasteiger partial charge in [0.25, 0.3) is 5.91 Å². The summed E-state index contributed by atoms with van der Waals surface area (Å²) >= 11 is 0. The number of hydrogen-bond acceptors (Lipinski definition) is 6. The minimum absolute atomic E-state index is 0.0563. The third kappa shape index (κ3) is 5.54.